The third-order valence-electron chi connectivity index (χ3n) is 6.72. The molecule has 1 aliphatic carbocycles. The molecule has 1 N–H and O–H groups in total. The second kappa shape index (κ2) is 12.5. The van der Waals surface area contributed by atoms with Gasteiger partial charge in [0.05, 0.1) is 12.7 Å². The molecule has 2 aliphatic rings. The summed E-state index contributed by atoms with van der Waals surface area (Å²) in [6.07, 6.45) is 6.69. The van der Waals surface area contributed by atoms with Crippen molar-refractivity contribution < 1.29 is 23.7 Å². The van der Waals surface area contributed by atoms with E-state index in [0.29, 0.717) is 35.9 Å². The van der Waals surface area contributed by atoms with Crippen molar-refractivity contribution in [1.82, 2.24) is 15.2 Å². The first-order valence-corrected chi connectivity index (χ1v) is 12.9. The standard InChI is InChI=1S/C27H39N3O5/c1-19(2)30(20-8-7-13-28-17-20)27(31)23-16-25(34-15-14-33-18-32-3)22-11-6-12-24(26(22)29-23)35-21-9-4-5-10-21/h6,11-12,16,19-21,28H,4-5,7-10,13-15,17-18H2,1-3H3/t20-/m1/s1. The van der Waals surface area contributed by atoms with E-state index in [1.54, 1.807) is 13.2 Å². The normalized spacial score (nSPS) is 18.8. The Kier molecular flexibility index (Phi) is 9.18. The van der Waals surface area contributed by atoms with Crippen LogP contribution >= 0.6 is 0 Å². The highest BCUT2D eigenvalue weighted by Crippen LogP contribution is 2.34. The van der Waals surface area contributed by atoms with Gasteiger partial charge in [0.2, 0.25) is 0 Å². The highest BCUT2D eigenvalue weighted by atomic mass is 16.7. The molecule has 1 atom stereocenters. The second-order valence-electron chi connectivity index (χ2n) is 9.65. The number of pyridine rings is 1. The summed E-state index contributed by atoms with van der Waals surface area (Å²) in [7, 11) is 1.59. The van der Waals surface area contributed by atoms with Gasteiger partial charge in [-0.1, -0.05) is 6.07 Å². The maximum Gasteiger partial charge on any atom is 0.273 e. The molecule has 4 rings (SSSR count). The molecule has 2 aromatic rings. The number of piperidine rings is 1. The molecule has 1 amide bonds. The molecule has 0 bridgehead atoms. The van der Waals surface area contributed by atoms with Crippen LogP contribution in [-0.2, 0) is 9.47 Å². The zero-order chi connectivity index (χ0) is 24.6. The number of hydrogen-bond acceptors (Lipinski definition) is 7. The maximum atomic E-state index is 13.9. The molecular formula is C27H39N3O5. The van der Waals surface area contributed by atoms with Crippen LogP contribution in [0.15, 0.2) is 24.3 Å². The lowest BCUT2D eigenvalue weighted by molar-refractivity contribution is -0.0386. The summed E-state index contributed by atoms with van der Waals surface area (Å²) in [6.45, 7) is 6.85. The average molecular weight is 486 g/mol. The number of aromatic nitrogens is 1. The van der Waals surface area contributed by atoms with Crippen molar-refractivity contribution >= 4 is 16.8 Å². The van der Waals surface area contributed by atoms with E-state index < -0.39 is 0 Å². The van der Waals surface area contributed by atoms with Gasteiger partial charge in [-0.05, 0) is 71.0 Å². The summed E-state index contributed by atoms with van der Waals surface area (Å²) in [5, 5.41) is 4.26. The van der Waals surface area contributed by atoms with E-state index in [0.717, 1.165) is 44.2 Å². The molecule has 8 nitrogen and oxygen atoms in total. The van der Waals surface area contributed by atoms with Crippen molar-refractivity contribution in [2.24, 2.45) is 0 Å². The number of nitrogens with one attached hydrogen (secondary N) is 1. The second-order valence-corrected chi connectivity index (χ2v) is 9.65. The molecule has 1 aromatic heterocycles. The van der Waals surface area contributed by atoms with Gasteiger partial charge in [0.25, 0.3) is 5.91 Å². The molecular weight excluding hydrogens is 446 g/mol. The Balaban J connectivity index is 1.68. The molecule has 35 heavy (non-hydrogen) atoms. The number of fused-ring (bicyclic) bond motifs is 1. The van der Waals surface area contributed by atoms with Crippen LogP contribution in [0, 0.1) is 0 Å². The number of methoxy groups -OCH3 is 1. The van der Waals surface area contributed by atoms with Gasteiger partial charge in [0.1, 0.15) is 36.1 Å². The largest absolute Gasteiger partial charge is 0.490 e. The van der Waals surface area contributed by atoms with Crippen LogP contribution in [0.3, 0.4) is 0 Å². The first kappa shape index (κ1) is 25.7. The number of carbonyl (C=O) groups is 1. The number of nitrogens with zero attached hydrogens (tertiary/aromatic N) is 2. The number of carbonyl (C=O) groups excluding carboxylic acids is 1. The lowest BCUT2D eigenvalue weighted by Crippen LogP contribution is -2.51. The number of benzene rings is 1. The van der Waals surface area contributed by atoms with Crippen LogP contribution in [0.5, 0.6) is 11.5 Å². The van der Waals surface area contributed by atoms with E-state index in [-0.39, 0.29) is 30.9 Å². The highest BCUT2D eigenvalue weighted by Gasteiger charge is 2.30. The summed E-state index contributed by atoms with van der Waals surface area (Å²) >= 11 is 0. The van der Waals surface area contributed by atoms with Gasteiger partial charge >= 0.3 is 0 Å². The number of ether oxygens (including phenoxy) is 4. The zero-order valence-corrected chi connectivity index (χ0v) is 21.3. The van der Waals surface area contributed by atoms with Crippen LogP contribution in [-0.4, -0.2) is 74.2 Å². The Labute approximate surface area is 208 Å². The van der Waals surface area contributed by atoms with Crippen molar-refractivity contribution in [3.63, 3.8) is 0 Å². The monoisotopic (exact) mass is 485 g/mol. The van der Waals surface area contributed by atoms with Crippen molar-refractivity contribution in [3.8, 4) is 11.5 Å². The lowest BCUT2D eigenvalue weighted by Gasteiger charge is -2.37. The van der Waals surface area contributed by atoms with Gasteiger partial charge in [-0.3, -0.25) is 4.79 Å². The van der Waals surface area contributed by atoms with Gasteiger partial charge < -0.3 is 29.2 Å². The Morgan fingerprint density at radius 2 is 1.97 bits per heavy atom. The van der Waals surface area contributed by atoms with E-state index in [1.165, 1.54) is 12.8 Å². The quantitative estimate of drug-likeness (QED) is 0.378. The number of para-hydroxylation sites is 1. The minimum Gasteiger partial charge on any atom is -0.490 e. The van der Waals surface area contributed by atoms with E-state index in [4.69, 9.17) is 23.9 Å². The number of rotatable bonds is 11. The Morgan fingerprint density at radius 3 is 2.69 bits per heavy atom. The molecule has 0 radical (unpaired) electrons. The summed E-state index contributed by atoms with van der Waals surface area (Å²) < 4.78 is 22.8. The lowest BCUT2D eigenvalue weighted by atomic mass is 10.0. The van der Waals surface area contributed by atoms with Crippen LogP contribution < -0.4 is 14.8 Å². The van der Waals surface area contributed by atoms with Gasteiger partial charge in [-0.2, -0.15) is 0 Å². The van der Waals surface area contributed by atoms with Gasteiger partial charge in [-0.15, -0.1) is 0 Å². The van der Waals surface area contributed by atoms with Crippen molar-refractivity contribution in [3.05, 3.63) is 30.0 Å². The Bertz CT molecular complexity index is 971. The number of hydrogen-bond donors (Lipinski definition) is 1. The summed E-state index contributed by atoms with van der Waals surface area (Å²) in [6, 6.07) is 7.84. The Hall–Kier alpha value is -2.42. The van der Waals surface area contributed by atoms with E-state index in [9.17, 15) is 4.79 Å². The molecule has 2 heterocycles. The summed E-state index contributed by atoms with van der Waals surface area (Å²) in [5.41, 5.74) is 1.05. The molecule has 1 aromatic carbocycles. The number of amides is 1. The van der Waals surface area contributed by atoms with Crippen LogP contribution in [0.1, 0.15) is 62.9 Å². The minimum atomic E-state index is -0.0771. The first-order chi connectivity index (χ1) is 17.1. The topological polar surface area (TPSA) is 82.2 Å². The predicted octanol–water partition coefficient (Wildman–Crippen LogP) is 4.16. The third kappa shape index (κ3) is 6.42. The van der Waals surface area contributed by atoms with Gasteiger partial charge in [0.15, 0.2) is 0 Å². The van der Waals surface area contributed by atoms with Crippen LogP contribution in [0.25, 0.3) is 10.9 Å². The maximum absolute atomic E-state index is 13.9. The Morgan fingerprint density at radius 1 is 1.14 bits per heavy atom. The summed E-state index contributed by atoms with van der Waals surface area (Å²) in [4.78, 5) is 20.7. The van der Waals surface area contributed by atoms with Gasteiger partial charge in [0, 0.05) is 37.2 Å². The fourth-order valence-electron chi connectivity index (χ4n) is 5.08. The van der Waals surface area contributed by atoms with Crippen LogP contribution in [0.2, 0.25) is 0 Å². The highest BCUT2D eigenvalue weighted by molar-refractivity contribution is 5.98. The zero-order valence-electron chi connectivity index (χ0n) is 21.3. The molecule has 1 saturated heterocycles. The molecule has 1 aliphatic heterocycles. The van der Waals surface area contributed by atoms with E-state index in [1.807, 2.05) is 23.1 Å². The van der Waals surface area contributed by atoms with E-state index >= 15 is 0 Å². The fourth-order valence-corrected chi connectivity index (χ4v) is 5.08. The molecule has 0 unspecified atom stereocenters. The van der Waals surface area contributed by atoms with Gasteiger partial charge in [-0.25, -0.2) is 4.98 Å². The third-order valence-corrected chi connectivity index (χ3v) is 6.72. The molecule has 192 valence electrons. The smallest absolute Gasteiger partial charge is 0.273 e. The minimum absolute atomic E-state index is 0.0571. The molecule has 0 spiro atoms. The van der Waals surface area contributed by atoms with Crippen molar-refractivity contribution in [1.29, 1.82) is 0 Å². The summed E-state index contributed by atoms with van der Waals surface area (Å²) in [5.74, 6) is 1.24. The van der Waals surface area contributed by atoms with Crippen molar-refractivity contribution in [2.45, 2.75) is 70.6 Å². The van der Waals surface area contributed by atoms with E-state index in [2.05, 4.69) is 19.2 Å². The molecule has 2 fully saturated rings. The van der Waals surface area contributed by atoms with Crippen LogP contribution in [0.4, 0.5) is 0 Å². The predicted molar refractivity (Wildman–Crippen MR) is 135 cm³/mol. The molecule has 1 saturated carbocycles. The SMILES string of the molecule is COCOCCOc1cc(C(=O)N(C(C)C)[C@@H]2CCCNC2)nc2c(OC3CCCC3)cccc12. The fraction of sp³-hybridized carbons (Fsp3) is 0.630. The first-order valence-electron chi connectivity index (χ1n) is 12.9. The molecule has 8 heteroatoms. The average Bonchev–Trinajstić information content (AvgIpc) is 3.38. The van der Waals surface area contributed by atoms with Crippen molar-refractivity contribution in [2.75, 3.05) is 40.2 Å².